The summed E-state index contributed by atoms with van der Waals surface area (Å²) in [7, 11) is 3.02. The van der Waals surface area contributed by atoms with Crippen LogP contribution in [-0.4, -0.2) is 47.1 Å². The van der Waals surface area contributed by atoms with Crippen LogP contribution in [-0.2, 0) is 16.1 Å². The van der Waals surface area contributed by atoms with Crippen LogP contribution in [0.2, 0.25) is 0 Å². The number of methoxy groups -OCH3 is 2. The predicted molar refractivity (Wildman–Crippen MR) is 144 cm³/mol. The van der Waals surface area contributed by atoms with Gasteiger partial charge < -0.3 is 14.8 Å². The molecule has 3 aromatic carbocycles. The summed E-state index contributed by atoms with van der Waals surface area (Å²) in [6, 6.07) is 16.8. The fourth-order valence-corrected chi connectivity index (χ4v) is 5.06. The molecule has 1 aliphatic carbocycles. The molecule has 39 heavy (non-hydrogen) atoms. The van der Waals surface area contributed by atoms with Crippen LogP contribution in [0.1, 0.15) is 37.3 Å². The average Bonchev–Trinajstić information content (AvgIpc) is 3.61. The van der Waals surface area contributed by atoms with E-state index in [4.69, 9.17) is 9.47 Å². The van der Waals surface area contributed by atoms with E-state index in [0.717, 1.165) is 25.7 Å². The number of aromatic nitrogens is 3. The topological polar surface area (TPSA) is 98.6 Å². The van der Waals surface area contributed by atoms with E-state index in [2.05, 4.69) is 15.6 Å². The summed E-state index contributed by atoms with van der Waals surface area (Å²) in [6.45, 7) is -0.217. The molecular formula is C29H30FN5O4. The molecule has 1 fully saturated rings. The van der Waals surface area contributed by atoms with Crippen LogP contribution in [0.15, 0.2) is 66.7 Å². The molecule has 1 saturated carbocycles. The van der Waals surface area contributed by atoms with Crippen LogP contribution in [0.3, 0.4) is 0 Å². The molecule has 5 rings (SSSR count). The molecule has 0 radical (unpaired) electrons. The fraction of sp³-hybridized carbons (Fsp3) is 0.310. The van der Waals surface area contributed by atoms with Gasteiger partial charge in [0.2, 0.25) is 11.8 Å². The smallest absolute Gasteiger partial charge is 0.249 e. The summed E-state index contributed by atoms with van der Waals surface area (Å²) >= 11 is 0. The molecule has 0 aliphatic heterocycles. The lowest BCUT2D eigenvalue weighted by Crippen LogP contribution is -2.47. The third-order valence-corrected chi connectivity index (χ3v) is 6.96. The number of halogens is 1. The number of nitrogens with one attached hydrogen (secondary N) is 1. The van der Waals surface area contributed by atoms with Gasteiger partial charge in [0, 0.05) is 17.8 Å². The number of hydrogen-bond acceptors (Lipinski definition) is 6. The minimum Gasteiger partial charge on any atom is -0.497 e. The van der Waals surface area contributed by atoms with Crippen molar-refractivity contribution in [3.8, 4) is 11.5 Å². The van der Waals surface area contributed by atoms with E-state index < -0.39 is 17.8 Å². The average molecular weight is 532 g/mol. The van der Waals surface area contributed by atoms with Crippen LogP contribution < -0.4 is 19.7 Å². The standard InChI is InChI=1S/C29H30FN5O4/c1-38-23-14-19(15-24(17-23)39-2)28(29(37)31-21-9-3-4-10-21)35(22-11-7-8-20(30)16-22)27(36)18-34-26-13-6-5-12-25(26)32-33-34/h5-8,11-17,21,28H,3-4,9-10,18H2,1-2H3,(H,31,37). The Balaban J connectivity index is 1.62. The number of ether oxygens (including phenoxy) is 2. The van der Waals surface area contributed by atoms with Crippen LogP contribution in [0, 0.1) is 5.82 Å². The first-order chi connectivity index (χ1) is 19.0. The van der Waals surface area contributed by atoms with Crippen LogP contribution >= 0.6 is 0 Å². The van der Waals surface area contributed by atoms with Gasteiger partial charge in [-0.25, -0.2) is 9.07 Å². The van der Waals surface area contributed by atoms with Gasteiger partial charge in [0.25, 0.3) is 0 Å². The minimum atomic E-state index is -1.14. The maximum Gasteiger partial charge on any atom is 0.249 e. The Morgan fingerprint density at radius 3 is 2.44 bits per heavy atom. The second kappa shape index (κ2) is 11.5. The Kier molecular flexibility index (Phi) is 7.72. The number of fused-ring (bicyclic) bond motifs is 1. The van der Waals surface area contributed by atoms with Crippen LogP contribution in [0.4, 0.5) is 10.1 Å². The Morgan fingerprint density at radius 2 is 1.74 bits per heavy atom. The first kappa shape index (κ1) is 26.1. The molecular weight excluding hydrogens is 501 g/mol. The molecule has 1 N–H and O–H groups in total. The van der Waals surface area contributed by atoms with Crippen molar-refractivity contribution in [2.24, 2.45) is 0 Å². The fourth-order valence-electron chi connectivity index (χ4n) is 5.06. The molecule has 1 atom stereocenters. The number of amides is 2. The number of benzene rings is 3. The predicted octanol–water partition coefficient (Wildman–Crippen LogP) is 4.42. The number of hydrogen-bond donors (Lipinski definition) is 1. The first-order valence-electron chi connectivity index (χ1n) is 12.9. The van der Waals surface area contributed by atoms with E-state index in [1.807, 2.05) is 18.2 Å². The number of nitrogens with zero attached hydrogens (tertiary/aromatic N) is 4. The highest BCUT2D eigenvalue weighted by molar-refractivity contribution is 6.01. The van der Waals surface area contributed by atoms with Crippen molar-refractivity contribution in [3.63, 3.8) is 0 Å². The Labute approximate surface area is 225 Å². The third kappa shape index (κ3) is 5.69. The second-order valence-corrected chi connectivity index (χ2v) is 9.52. The number of rotatable bonds is 9. The molecule has 0 spiro atoms. The molecule has 1 heterocycles. The van der Waals surface area contributed by atoms with E-state index >= 15 is 0 Å². The summed E-state index contributed by atoms with van der Waals surface area (Å²) in [6.07, 6.45) is 3.76. The van der Waals surface area contributed by atoms with Crippen molar-refractivity contribution in [3.05, 3.63) is 78.1 Å². The van der Waals surface area contributed by atoms with E-state index in [0.29, 0.717) is 28.1 Å². The molecule has 0 saturated heterocycles. The van der Waals surface area contributed by atoms with Crippen LogP contribution in [0.25, 0.3) is 11.0 Å². The van der Waals surface area contributed by atoms with Gasteiger partial charge in [0.15, 0.2) is 0 Å². The highest BCUT2D eigenvalue weighted by Gasteiger charge is 2.35. The molecule has 10 heteroatoms. The van der Waals surface area contributed by atoms with Crippen molar-refractivity contribution in [2.45, 2.75) is 44.3 Å². The zero-order valence-electron chi connectivity index (χ0n) is 21.8. The third-order valence-electron chi connectivity index (χ3n) is 6.96. The number of carbonyl (C=O) groups is 2. The highest BCUT2D eigenvalue weighted by atomic mass is 19.1. The number of carbonyl (C=O) groups excluding carboxylic acids is 2. The maximum absolute atomic E-state index is 14.5. The zero-order chi connectivity index (χ0) is 27.4. The monoisotopic (exact) mass is 531 g/mol. The number of para-hydroxylation sites is 1. The van der Waals surface area contributed by atoms with E-state index in [1.54, 1.807) is 30.3 Å². The van der Waals surface area contributed by atoms with Gasteiger partial charge in [-0.3, -0.25) is 14.5 Å². The number of anilines is 1. The van der Waals surface area contributed by atoms with Gasteiger partial charge in [0.05, 0.1) is 19.7 Å². The van der Waals surface area contributed by atoms with Gasteiger partial charge in [-0.15, -0.1) is 5.10 Å². The van der Waals surface area contributed by atoms with Gasteiger partial charge in [-0.05, 0) is 60.9 Å². The highest BCUT2D eigenvalue weighted by Crippen LogP contribution is 2.34. The van der Waals surface area contributed by atoms with E-state index in [1.165, 1.54) is 42.0 Å². The molecule has 9 nitrogen and oxygen atoms in total. The van der Waals surface area contributed by atoms with E-state index in [9.17, 15) is 14.0 Å². The SMILES string of the molecule is COc1cc(OC)cc(C(C(=O)NC2CCCC2)N(C(=O)Cn2nnc3ccccc32)c2cccc(F)c2)c1. The van der Waals surface area contributed by atoms with Crippen molar-refractivity contribution < 1.29 is 23.5 Å². The van der Waals surface area contributed by atoms with Gasteiger partial charge in [0.1, 0.15) is 35.4 Å². The lowest BCUT2D eigenvalue weighted by Gasteiger charge is -2.32. The Morgan fingerprint density at radius 1 is 1.03 bits per heavy atom. The summed E-state index contributed by atoms with van der Waals surface area (Å²) in [5.74, 6) is -0.466. The maximum atomic E-state index is 14.5. The molecule has 2 amide bonds. The van der Waals surface area contributed by atoms with Crippen molar-refractivity contribution >= 4 is 28.5 Å². The van der Waals surface area contributed by atoms with Crippen molar-refractivity contribution in [1.29, 1.82) is 0 Å². The van der Waals surface area contributed by atoms with Gasteiger partial charge >= 0.3 is 0 Å². The Bertz CT molecular complexity index is 1460. The molecule has 1 aromatic heterocycles. The molecule has 1 aliphatic rings. The van der Waals surface area contributed by atoms with Crippen molar-refractivity contribution in [1.82, 2.24) is 20.3 Å². The summed E-state index contributed by atoms with van der Waals surface area (Å²) in [4.78, 5) is 29.4. The van der Waals surface area contributed by atoms with Crippen LogP contribution in [0.5, 0.6) is 11.5 Å². The summed E-state index contributed by atoms with van der Waals surface area (Å²) < 4.78 is 26.9. The second-order valence-electron chi connectivity index (χ2n) is 9.52. The largest absolute Gasteiger partial charge is 0.497 e. The first-order valence-corrected chi connectivity index (χ1v) is 12.9. The summed E-state index contributed by atoms with van der Waals surface area (Å²) in [5, 5.41) is 11.4. The van der Waals surface area contributed by atoms with E-state index in [-0.39, 0.29) is 24.2 Å². The zero-order valence-corrected chi connectivity index (χ0v) is 21.8. The minimum absolute atomic E-state index is 0.00350. The van der Waals surface area contributed by atoms with Gasteiger partial charge in [-0.2, -0.15) is 0 Å². The normalized spacial score (nSPS) is 14.2. The Hall–Kier alpha value is -4.47. The summed E-state index contributed by atoms with van der Waals surface area (Å²) in [5.41, 5.74) is 2.00. The molecule has 0 bridgehead atoms. The molecule has 1 unspecified atom stereocenters. The lowest BCUT2D eigenvalue weighted by atomic mass is 10.0. The van der Waals surface area contributed by atoms with Gasteiger partial charge in [-0.1, -0.05) is 36.3 Å². The van der Waals surface area contributed by atoms with Crippen molar-refractivity contribution in [2.75, 3.05) is 19.1 Å². The molecule has 202 valence electrons. The molecule has 4 aromatic rings. The lowest BCUT2D eigenvalue weighted by molar-refractivity contribution is -0.127. The quantitative estimate of drug-likeness (QED) is 0.343.